The lowest BCUT2D eigenvalue weighted by molar-refractivity contribution is 0.185. The summed E-state index contributed by atoms with van der Waals surface area (Å²) in [6.07, 6.45) is 1.46. The van der Waals surface area contributed by atoms with Gasteiger partial charge in [0.25, 0.3) is 5.56 Å². The van der Waals surface area contributed by atoms with Gasteiger partial charge in [0.1, 0.15) is 0 Å². The van der Waals surface area contributed by atoms with Gasteiger partial charge in [0.05, 0.1) is 13.2 Å². The summed E-state index contributed by atoms with van der Waals surface area (Å²) in [7, 11) is 1.54. The van der Waals surface area contributed by atoms with Crippen molar-refractivity contribution in [1.29, 1.82) is 0 Å². The minimum Gasteiger partial charge on any atom is -0.383 e. The number of nitrogens with one attached hydrogen (secondary N) is 1. The maximum atomic E-state index is 11.2. The molecule has 0 bridgehead atoms. The number of H-pyrrole nitrogens is 1. The zero-order chi connectivity index (χ0) is 10.6. The van der Waals surface area contributed by atoms with Crippen LogP contribution in [0.15, 0.2) is 15.8 Å². The van der Waals surface area contributed by atoms with Crippen molar-refractivity contribution in [3.8, 4) is 0 Å². The van der Waals surface area contributed by atoms with Crippen LogP contribution in [0.2, 0.25) is 0 Å². The quantitative estimate of drug-likeness (QED) is 0.705. The normalized spacial score (nSPS) is 9.73. The molecular weight excluding hydrogens is 222 g/mol. The molecule has 0 aliphatic rings. The van der Waals surface area contributed by atoms with Crippen LogP contribution in [0.4, 0.5) is 0 Å². The summed E-state index contributed by atoms with van der Waals surface area (Å²) in [4.78, 5) is 24.5. The molecule has 0 fully saturated rings. The molecule has 0 atom stereocenters. The molecule has 0 aliphatic carbocycles. The molecule has 0 saturated carbocycles. The van der Waals surface area contributed by atoms with Crippen LogP contribution < -0.4 is 17.0 Å². The van der Waals surface area contributed by atoms with Gasteiger partial charge in [-0.1, -0.05) is 0 Å². The van der Waals surface area contributed by atoms with Crippen molar-refractivity contribution < 1.29 is 4.74 Å². The summed E-state index contributed by atoms with van der Waals surface area (Å²) in [5, 5.41) is 0. The van der Waals surface area contributed by atoms with Crippen molar-refractivity contribution in [2.75, 3.05) is 13.7 Å². The molecule has 1 rings (SSSR count). The molecule has 0 aliphatic heterocycles. The number of aromatic nitrogens is 2. The van der Waals surface area contributed by atoms with Gasteiger partial charge in [0, 0.05) is 25.4 Å². The Balaban J connectivity index is 0.00000196. The second kappa shape index (κ2) is 6.39. The van der Waals surface area contributed by atoms with E-state index < -0.39 is 11.2 Å². The van der Waals surface area contributed by atoms with Crippen molar-refractivity contribution in [2.45, 2.75) is 13.1 Å². The molecule has 7 heteroatoms. The standard InChI is InChI=1S/C8H13N3O3.ClH/c1-14-3-2-11-5-6(4-9)7(12)10-8(11)13;/h5H,2-4,9H2,1H3,(H,10,12,13);1H. The SMILES string of the molecule is COCCn1cc(CN)c(=O)[nH]c1=O.Cl. The molecule has 0 spiro atoms. The van der Waals surface area contributed by atoms with E-state index in [4.69, 9.17) is 10.5 Å². The van der Waals surface area contributed by atoms with E-state index in [1.165, 1.54) is 10.8 Å². The highest BCUT2D eigenvalue weighted by Crippen LogP contribution is 1.85. The number of ether oxygens (including phenoxy) is 1. The Hall–Kier alpha value is -1.11. The first-order valence-electron chi connectivity index (χ1n) is 4.20. The van der Waals surface area contributed by atoms with Crippen LogP contribution in [0.1, 0.15) is 5.56 Å². The summed E-state index contributed by atoms with van der Waals surface area (Å²) in [6, 6.07) is 0. The fourth-order valence-electron chi connectivity index (χ4n) is 1.06. The number of halogens is 1. The Morgan fingerprint density at radius 1 is 1.53 bits per heavy atom. The lowest BCUT2D eigenvalue weighted by Gasteiger charge is -2.05. The highest BCUT2D eigenvalue weighted by atomic mass is 35.5. The van der Waals surface area contributed by atoms with Gasteiger partial charge in [0.15, 0.2) is 0 Å². The predicted octanol–water partition coefficient (Wildman–Crippen LogP) is -0.936. The van der Waals surface area contributed by atoms with E-state index in [9.17, 15) is 9.59 Å². The third-order valence-corrected chi connectivity index (χ3v) is 1.84. The van der Waals surface area contributed by atoms with Crippen LogP contribution in [0.25, 0.3) is 0 Å². The summed E-state index contributed by atoms with van der Waals surface area (Å²) in [6.45, 7) is 0.928. The average Bonchev–Trinajstić information content (AvgIpc) is 2.17. The lowest BCUT2D eigenvalue weighted by atomic mass is 10.3. The third-order valence-electron chi connectivity index (χ3n) is 1.84. The maximum absolute atomic E-state index is 11.2. The number of methoxy groups -OCH3 is 1. The van der Waals surface area contributed by atoms with E-state index >= 15 is 0 Å². The molecule has 0 unspecified atom stereocenters. The monoisotopic (exact) mass is 235 g/mol. The van der Waals surface area contributed by atoms with Crippen LogP contribution in [0.5, 0.6) is 0 Å². The summed E-state index contributed by atoms with van der Waals surface area (Å²) in [5.41, 5.74) is 4.86. The predicted molar refractivity (Wildman–Crippen MR) is 58.3 cm³/mol. The number of hydrogen-bond donors (Lipinski definition) is 2. The number of rotatable bonds is 4. The van der Waals surface area contributed by atoms with Crippen LogP contribution in [-0.4, -0.2) is 23.3 Å². The molecule has 1 heterocycles. The van der Waals surface area contributed by atoms with Crippen molar-refractivity contribution >= 4 is 12.4 Å². The van der Waals surface area contributed by atoms with E-state index in [2.05, 4.69) is 4.98 Å². The summed E-state index contributed by atoms with van der Waals surface area (Å²) < 4.78 is 6.19. The largest absolute Gasteiger partial charge is 0.383 e. The third kappa shape index (κ3) is 3.50. The summed E-state index contributed by atoms with van der Waals surface area (Å²) in [5.74, 6) is 0. The average molecular weight is 236 g/mol. The first-order valence-corrected chi connectivity index (χ1v) is 4.20. The molecular formula is C8H14ClN3O3. The Morgan fingerprint density at radius 2 is 2.20 bits per heavy atom. The molecule has 3 N–H and O–H groups in total. The van der Waals surface area contributed by atoms with Crippen molar-refractivity contribution in [2.24, 2.45) is 5.73 Å². The number of nitrogens with zero attached hydrogens (tertiary/aromatic N) is 1. The Kier molecular flexibility index (Phi) is 5.92. The van der Waals surface area contributed by atoms with E-state index in [1.54, 1.807) is 7.11 Å². The topological polar surface area (TPSA) is 90.1 Å². The van der Waals surface area contributed by atoms with Gasteiger partial charge >= 0.3 is 5.69 Å². The van der Waals surface area contributed by atoms with E-state index in [0.29, 0.717) is 18.7 Å². The lowest BCUT2D eigenvalue weighted by Crippen LogP contribution is -2.33. The zero-order valence-electron chi connectivity index (χ0n) is 8.36. The fourth-order valence-corrected chi connectivity index (χ4v) is 1.06. The van der Waals surface area contributed by atoms with Crippen LogP contribution in [0.3, 0.4) is 0 Å². The highest BCUT2D eigenvalue weighted by Gasteiger charge is 2.02. The van der Waals surface area contributed by atoms with Crippen LogP contribution >= 0.6 is 12.4 Å². The first-order chi connectivity index (χ1) is 6.69. The molecule has 86 valence electrons. The minimum atomic E-state index is -0.441. The molecule has 1 aromatic heterocycles. The maximum Gasteiger partial charge on any atom is 0.328 e. The first kappa shape index (κ1) is 13.9. The molecule has 0 amide bonds. The highest BCUT2D eigenvalue weighted by molar-refractivity contribution is 5.85. The molecule has 15 heavy (non-hydrogen) atoms. The summed E-state index contributed by atoms with van der Waals surface area (Å²) >= 11 is 0. The molecule has 0 saturated heterocycles. The van der Waals surface area contributed by atoms with Crippen molar-refractivity contribution in [3.05, 3.63) is 32.6 Å². The Labute approximate surface area is 92.5 Å². The van der Waals surface area contributed by atoms with Gasteiger partial charge in [-0.15, -0.1) is 12.4 Å². The zero-order valence-corrected chi connectivity index (χ0v) is 9.17. The molecule has 0 radical (unpaired) electrons. The van der Waals surface area contributed by atoms with Crippen LogP contribution in [-0.2, 0) is 17.8 Å². The second-order valence-corrected chi connectivity index (χ2v) is 2.80. The van der Waals surface area contributed by atoms with Crippen LogP contribution in [0, 0.1) is 0 Å². The molecule has 1 aromatic rings. The van der Waals surface area contributed by atoms with Gasteiger partial charge in [-0.25, -0.2) is 4.79 Å². The van der Waals surface area contributed by atoms with Gasteiger partial charge in [-0.05, 0) is 0 Å². The number of hydrogen-bond acceptors (Lipinski definition) is 4. The Morgan fingerprint density at radius 3 is 2.73 bits per heavy atom. The smallest absolute Gasteiger partial charge is 0.328 e. The Bertz CT molecular complexity index is 412. The van der Waals surface area contributed by atoms with Gasteiger partial charge in [-0.3, -0.25) is 14.3 Å². The van der Waals surface area contributed by atoms with Gasteiger partial charge < -0.3 is 10.5 Å². The van der Waals surface area contributed by atoms with E-state index in [-0.39, 0.29) is 19.0 Å². The van der Waals surface area contributed by atoms with E-state index in [1.807, 2.05) is 0 Å². The van der Waals surface area contributed by atoms with Crippen molar-refractivity contribution in [1.82, 2.24) is 9.55 Å². The molecule has 6 nitrogen and oxygen atoms in total. The fraction of sp³-hybridized carbons (Fsp3) is 0.500. The molecule has 0 aromatic carbocycles. The number of aromatic amines is 1. The number of nitrogens with two attached hydrogens (primary N) is 1. The minimum absolute atomic E-state index is 0. The van der Waals surface area contributed by atoms with E-state index in [0.717, 1.165) is 0 Å². The van der Waals surface area contributed by atoms with Gasteiger partial charge in [-0.2, -0.15) is 0 Å². The van der Waals surface area contributed by atoms with Crippen molar-refractivity contribution in [3.63, 3.8) is 0 Å². The van der Waals surface area contributed by atoms with Gasteiger partial charge in [0.2, 0.25) is 0 Å². The second-order valence-electron chi connectivity index (χ2n) is 2.80.